The fourth-order valence-electron chi connectivity index (χ4n) is 1.82. The van der Waals surface area contributed by atoms with E-state index in [1.807, 2.05) is 0 Å². The third-order valence-corrected chi connectivity index (χ3v) is 4.33. The van der Waals surface area contributed by atoms with Gasteiger partial charge >= 0.3 is 0 Å². The highest BCUT2D eigenvalue weighted by atomic mass is 32.2. The lowest BCUT2D eigenvalue weighted by atomic mass is 10.3. The molecule has 1 amide bonds. The Bertz CT molecular complexity index is 672. The molecule has 1 aliphatic heterocycles. The van der Waals surface area contributed by atoms with E-state index in [0.717, 1.165) is 12.1 Å². The van der Waals surface area contributed by atoms with Crippen LogP contribution in [-0.2, 0) is 14.8 Å². The molecular weight excluding hydrogens is 288 g/mol. The highest BCUT2D eigenvalue weighted by Crippen LogP contribution is 2.25. The van der Waals surface area contributed by atoms with Crippen LogP contribution >= 0.6 is 0 Å². The number of nitro groups is 1. The van der Waals surface area contributed by atoms with Gasteiger partial charge in [-0.15, -0.1) is 0 Å². The number of nitrogens with two attached hydrogens (primary N) is 1. The molecule has 1 aliphatic rings. The molecule has 10 heteroatoms. The van der Waals surface area contributed by atoms with Crippen LogP contribution in [0.25, 0.3) is 0 Å². The van der Waals surface area contributed by atoms with Crippen molar-refractivity contribution in [1.29, 1.82) is 0 Å². The molecule has 1 heterocycles. The maximum Gasteiger partial charge on any atom is 0.293 e. The molecule has 0 spiro atoms. The fraction of sp³-hybridized carbons (Fsp3) is 0.300. The van der Waals surface area contributed by atoms with Crippen LogP contribution in [0.1, 0.15) is 6.42 Å². The number of nitrogen functional groups attached to an aromatic ring is 1. The lowest BCUT2D eigenvalue weighted by Crippen LogP contribution is -2.36. The van der Waals surface area contributed by atoms with E-state index in [4.69, 9.17) is 5.73 Å². The number of sulfonamides is 1. The van der Waals surface area contributed by atoms with Crippen LogP contribution < -0.4 is 15.8 Å². The van der Waals surface area contributed by atoms with Gasteiger partial charge in [-0.1, -0.05) is 0 Å². The molecule has 1 fully saturated rings. The molecule has 0 radical (unpaired) electrons. The van der Waals surface area contributed by atoms with Crippen molar-refractivity contribution >= 4 is 27.3 Å². The van der Waals surface area contributed by atoms with Crippen LogP contribution in [0.15, 0.2) is 23.1 Å². The van der Waals surface area contributed by atoms with Crippen LogP contribution in [0, 0.1) is 10.1 Å². The second-order valence-electron chi connectivity index (χ2n) is 4.30. The van der Waals surface area contributed by atoms with E-state index in [2.05, 4.69) is 10.0 Å². The van der Waals surface area contributed by atoms with Gasteiger partial charge in [-0.25, -0.2) is 13.1 Å². The molecule has 9 nitrogen and oxygen atoms in total. The summed E-state index contributed by atoms with van der Waals surface area (Å²) in [6.45, 7) is 0.190. The van der Waals surface area contributed by atoms with Gasteiger partial charge in [0.2, 0.25) is 15.9 Å². The lowest BCUT2D eigenvalue weighted by molar-refractivity contribution is -0.384. The minimum atomic E-state index is -3.94. The second kappa shape index (κ2) is 5.06. The average molecular weight is 300 g/mol. The Balaban J connectivity index is 2.27. The molecule has 0 bridgehead atoms. The van der Waals surface area contributed by atoms with Gasteiger partial charge in [0.15, 0.2) is 0 Å². The molecule has 1 unspecified atom stereocenters. The van der Waals surface area contributed by atoms with Crippen molar-refractivity contribution in [2.45, 2.75) is 17.4 Å². The predicted octanol–water partition coefficient (Wildman–Crippen LogP) is -0.656. The molecule has 2 rings (SSSR count). The first-order chi connectivity index (χ1) is 9.29. The van der Waals surface area contributed by atoms with Gasteiger partial charge in [0.1, 0.15) is 5.69 Å². The zero-order valence-electron chi connectivity index (χ0n) is 10.2. The van der Waals surface area contributed by atoms with E-state index < -0.39 is 26.7 Å². The summed E-state index contributed by atoms with van der Waals surface area (Å²) in [5.41, 5.74) is 4.81. The maximum atomic E-state index is 12.1. The predicted molar refractivity (Wildman–Crippen MR) is 69.2 cm³/mol. The van der Waals surface area contributed by atoms with Crippen molar-refractivity contribution in [2.75, 3.05) is 12.3 Å². The summed E-state index contributed by atoms with van der Waals surface area (Å²) in [6, 6.07) is 2.66. The van der Waals surface area contributed by atoms with Crippen molar-refractivity contribution in [1.82, 2.24) is 10.0 Å². The summed E-state index contributed by atoms with van der Waals surface area (Å²) in [5, 5.41) is 13.2. The van der Waals surface area contributed by atoms with Gasteiger partial charge in [-0.2, -0.15) is 0 Å². The van der Waals surface area contributed by atoms with Crippen LogP contribution in [0.2, 0.25) is 0 Å². The highest BCUT2D eigenvalue weighted by molar-refractivity contribution is 7.89. The Morgan fingerprint density at radius 1 is 1.45 bits per heavy atom. The molecule has 0 aromatic heterocycles. The molecular formula is C10H12N4O5S. The molecule has 0 aliphatic carbocycles. The minimum Gasteiger partial charge on any atom is -0.393 e. The molecule has 0 saturated carbocycles. The molecule has 1 aromatic carbocycles. The van der Waals surface area contributed by atoms with E-state index in [1.165, 1.54) is 6.07 Å². The lowest BCUT2D eigenvalue weighted by Gasteiger charge is -2.11. The third-order valence-electron chi connectivity index (χ3n) is 2.81. The number of carbonyl (C=O) groups excluding carboxylic acids is 1. The number of amides is 1. The van der Waals surface area contributed by atoms with Crippen molar-refractivity contribution in [3.8, 4) is 0 Å². The van der Waals surface area contributed by atoms with E-state index >= 15 is 0 Å². The minimum absolute atomic E-state index is 0.0380. The Kier molecular flexibility index (Phi) is 3.59. The first-order valence-corrected chi connectivity index (χ1v) is 7.11. The normalized spacial score (nSPS) is 18.8. The van der Waals surface area contributed by atoms with Gasteiger partial charge < -0.3 is 11.1 Å². The number of rotatable bonds is 4. The molecule has 1 saturated heterocycles. The standard InChI is InChI=1S/C10H12N4O5S/c11-8-2-1-7(4-9(8)14(16)17)20(18,19)13-6-3-10(15)12-5-6/h1-2,4,6,13H,3,5,11H2,(H,12,15). The number of carbonyl (C=O) groups is 1. The van der Waals surface area contributed by atoms with Gasteiger partial charge in [-0.3, -0.25) is 14.9 Å². The zero-order valence-corrected chi connectivity index (χ0v) is 11.0. The van der Waals surface area contributed by atoms with Crippen molar-refractivity contribution in [3.63, 3.8) is 0 Å². The van der Waals surface area contributed by atoms with E-state index in [9.17, 15) is 23.3 Å². The Hall–Kier alpha value is -2.20. The molecule has 1 atom stereocenters. The summed E-state index contributed by atoms with van der Waals surface area (Å²) in [6.07, 6.45) is 0.0380. The van der Waals surface area contributed by atoms with Crippen LogP contribution in [0.5, 0.6) is 0 Å². The van der Waals surface area contributed by atoms with Crippen molar-refractivity contribution in [2.24, 2.45) is 0 Å². The number of nitrogens with one attached hydrogen (secondary N) is 2. The van der Waals surface area contributed by atoms with E-state index in [-0.39, 0.29) is 29.5 Å². The Morgan fingerprint density at radius 2 is 2.15 bits per heavy atom. The molecule has 108 valence electrons. The number of nitrogens with zero attached hydrogens (tertiary/aromatic N) is 1. The largest absolute Gasteiger partial charge is 0.393 e. The fourth-order valence-corrected chi connectivity index (χ4v) is 3.08. The smallest absolute Gasteiger partial charge is 0.293 e. The highest BCUT2D eigenvalue weighted by Gasteiger charge is 2.28. The first kappa shape index (κ1) is 14.2. The average Bonchev–Trinajstić information content (AvgIpc) is 2.73. The summed E-state index contributed by atoms with van der Waals surface area (Å²) < 4.78 is 26.4. The van der Waals surface area contributed by atoms with E-state index in [0.29, 0.717) is 0 Å². The van der Waals surface area contributed by atoms with Gasteiger partial charge in [0, 0.05) is 25.1 Å². The third kappa shape index (κ3) is 2.86. The van der Waals surface area contributed by atoms with Gasteiger partial charge in [0.25, 0.3) is 5.69 Å². The number of hydrogen-bond donors (Lipinski definition) is 3. The van der Waals surface area contributed by atoms with Crippen LogP contribution in [0.4, 0.5) is 11.4 Å². The molecule has 20 heavy (non-hydrogen) atoms. The second-order valence-corrected chi connectivity index (χ2v) is 6.02. The van der Waals surface area contributed by atoms with Gasteiger partial charge in [-0.05, 0) is 12.1 Å². The van der Waals surface area contributed by atoms with Crippen molar-refractivity contribution < 1.29 is 18.1 Å². The number of anilines is 1. The van der Waals surface area contributed by atoms with Crippen molar-refractivity contribution in [3.05, 3.63) is 28.3 Å². The Morgan fingerprint density at radius 3 is 2.70 bits per heavy atom. The van der Waals surface area contributed by atoms with E-state index in [1.54, 1.807) is 0 Å². The Labute approximate surface area is 114 Å². The SMILES string of the molecule is Nc1ccc(S(=O)(=O)NC2CNC(=O)C2)cc1[N+](=O)[O-]. The summed E-state index contributed by atoms with van der Waals surface area (Å²) in [4.78, 5) is 20.7. The molecule has 1 aromatic rings. The number of nitro benzene ring substituents is 1. The summed E-state index contributed by atoms with van der Waals surface area (Å²) >= 11 is 0. The zero-order chi connectivity index (χ0) is 14.9. The first-order valence-electron chi connectivity index (χ1n) is 5.62. The monoisotopic (exact) mass is 300 g/mol. The summed E-state index contributed by atoms with van der Waals surface area (Å²) in [7, 11) is -3.94. The van der Waals surface area contributed by atoms with Crippen LogP contribution in [0.3, 0.4) is 0 Å². The summed E-state index contributed by atoms with van der Waals surface area (Å²) in [5.74, 6) is -0.249. The van der Waals surface area contributed by atoms with Gasteiger partial charge in [0.05, 0.1) is 9.82 Å². The quantitative estimate of drug-likeness (QED) is 0.382. The van der Waals surface area contributed by atoms with Crippen LogP contribution in [-0.4, -0.2) is 31.8 Å². The topological polar surface area (TPSA) is 144 Å². The molecule has 4 N–H and O–H groups in total. The number of hydrogen-bond acceptors (Lipinski definition) is 6. The maximum absolute atomic E-state index is 12.1. The number of benzene rings is 1.